The van der Waals surface area contributed by atoms with E-state index < -0.39 is 10.6 Å². The van der Waals surface area contributed by atoms with E-state index in [2.05, 4.69) is 15.9 Å². The summed E-state index contributed by atoms with van der Waals surface area (Å²) in [5.74, 6) is -0.595. The second kappa shape index (κ2) is 5.70. The lowest BCUT2D eigenvalue weighted by molar-refractivity contribution is 0.386. The summed E-state index contributed by atoms with van der Waals surface area (Å²) in [7, 11) is 1.41. The second-order valence-corrected chi connectivity index (χ2v) is 5.20. The lowest BCUT2D eigenvalue weighted by Gasteiger charge is -2.13. The number of alkyl halides is 1. The van der Waals surface area contributed by atoms with Crippen LogP contribution in [0.5, 0.6) is 5.75 Å². The van der Waals surface area contributed by atoms with Crippen molar-refractivity contribution < 1.29 is 13.5 Å². The predicted molar refractivity (Wildman–Crippen MR) is 74.9 cm³/mol. The zero-order valence-electron chi connectivity index (χ0n) is 10.6. The lowest BCUT2D eigenvalue weighted by Crippen LogP contribution is -1.98. The molecule has 19 heavy (non-hydrogen) atoms. The van der Waals surface area contributed by atoms with Crippen molar-refractivity contribution in [2.75, 3.05) is 7.11 Å². The number of methoxy groups -OCH3 is 1. The summed E-state index contributed by atoms with van der Waals surface area (Å²) in [5.41, 5.74) is 1.97. The van der Waals surface area contributed by atoms with Gasteiger partial charge in [0.2, 0.25) is 0 Å². The van der Waals surface area contributed by atoms with Gasteiger partial charge in [0.15, 0.2) is 11.6 Å². The molecule has 0 radical (unpaired) electrons. The fourth-order valence-electron chi connectivity index (χ4n) is 1.86. The van der Waals surface area contributed by atoms with Crippen molar-refractivity contribution in [1.82, 2.24) is 0 Å². The summed E-state index contributed by atoms with van der Waals surface area (Å²) < 4.78 is 32.4. The summed E-state index contributed by atoms with van der Waals surface area (Å²) in [6.45, 7) is 1.82. The molecule has 1 unspecified atom stereocenters. The van der Waals surface area contributed by atoms with Crippen LogP contribution in [0.1, 0.15) is 21.5 Å². The van der Waals surface area contributed by atoms with Crippen LogP contribution in [-0.4, -0.2) is 7.11 Å². The number of hydrogen-bond acceptors (Lipinski definition) is 1. The average molecular weight is 327 g/mol. The van der Waals surface area contributed by atoms with Crippen LogP contribution in [0.4, 0.5) is 8.78 Å². The Hall–Kier alpha value is -1.42. The van der Waals surface area contributed by atoms with Crippen LogP contribution in [0, 0.1) is 18.6 Å². The largest absolute Gasteiger partial charge is 0.494 e. The fourth-order valence-corrected chi connectivity index (χ4v) is 2.51. The van der Waals surface area contributed by atoms with E-state index in [1.165, 1.54) is 25.3 Å². The van der Waals surface area contributed by atoms with E-state index in [9.17, 15) is 8.78 Å². The maximum absolute atomic E-state index is 13.9. The monoisotopic (exact) mass is 326 g/mol. The zero-order chi connectivity index (χ0) is 14.0. The van der Waals surface area contributed by atoms with Crippen molar-refractivity contribution in [3.05, 3.63) is 64.7 Å². The van der Waals surface area contributed by atoms with E-state index >= 15 is 0 Å². The van der Waals surface area contributed by atoms with Gasteiger partial charge in [0, 0.05) is 5.56 Å². The molecule has 0 aliphatic rings. The van der Waals surface area contributed by atoms with Gasteiger partial charge in [-0.1, -0.05) is 34.1 Å². The minimum Gasteiger partial charge on any atom is -0.494 e. The van der Waals surface area contributed by atoms with Gasteiger partial charge in [-0.05, 0) is 36.2 Å². The average Bonchev–Trinajstić information content (AvgIpc) is 2.38. The smallest absolute Gasteiger partial charge is 0.165 e. The topological polar surface area (TPSA) is 9.23 Å². The third kappa shape index (κ3) is 2.95. The van der Waals surface area contributed by atoms with Gasteiger partial charge < -0.3 is 4.74 Å². The van der Waals surface area contributed by atoms with Crippen LogP contribution in [0.15, 0.2) is 36.4 Å². The van der Waals surface area contributed by atoms with Gasteiger partial charge in [-0.3, -0.25) is 0 Å². The first-order valence-electron chi connectivity index (χ1n) is 5.76. The molecular weight excluding hydrogens is 314 g/mol. The summed E-state index contributed by atoms with van der Waals surface area (Å²) in [5, 5.41) is 0. The van der Waals surface area contributed by atoms with Gasteiger partial charge in [-0.2, -0.15) is 0 Å². The number of ether oxygens (including phenoxy) is 1. The number of halogens is 3. The molecule has 2 aromatic rings. The molecule has 0 spiro atoms. The first-order valence-corrected chi connectivity index (χ1v) is 6.68. The van der Waals surface area contributed by atoms with E-state index in [0.29, 0.717) is 11.1 Å². The Kier molecular flexibility index (Phi) is 4.20. The van der Waals surface area contributed by atoms with Gasteiger partial charge in [-0.15, -0.1) is 0 Å². The summed E-state index contributed by atoms with van der Waals surface area (Å²) in [6.07, 6.45) is 0. The first-order chi connectivity index (χ1) is 9.02. The van der Waals surface area contributed by atoms with Crippen LogP contribution < -0.4 is 4.74 Å². The standard InChI is InChI=1S/C15H13BrF2O/c1-9-3-5-11(12(17)7-9)15(16)10-4-6-14(19-2)13(18)8-10/h3-8,15H,1-2H3. The normalized spacial score (nSPS) is 12.3. The van der Waals surface area contributed by atoms with Crippen molar-refractivity contribution in [3.63, 3.8) is 0 Å². The van der Waals surface area contributed by atoms with Crippen LogP contribution in [0.2, 0.25) is 0 Å². The molecule has 4 heteroatoms. The van der Waals surface area contributed by atoms with E-state index in [1.54, 1.807) is 12.1 Å². The molecular formula is C15H13BrF2O. The highest BCUT2D eigenvalue weighted by atomic mass is 79.9. The molecule has 0 aromatic heterocycles. The molecule has 1 atom stereocenters. The molecule has 0 saturated heterocycles. The first kappa shape index (κ1) is 14.0. The molecule has 100 valence electrons. The predicted octanol–water partition coefficient (Wildman–Crippen LogP) is 4.77. The van der Waals surface area contributed by atoms with Gasteiger partial charge in [0.1, 0.15) is 5.82 Å². The Bertz CT molecular complexity index is 599. The molecule has 0 aliphatic heterocycles. The highest BCUT2D eigenvalue weighted by molar-refractivity contribution is 9.09. The molecule has 0 saturated carbocycles. The molecule has 1 nitrogen and oxygen atoms in total. The third-order valence-electron chi connectivity index (χ3n) is 2.90. The lowest BCUT2D eigenvalue weighted by atomic mass is 10.0. The number of rotatable bonds is 3. The van der Waals surface area contributed by atoms with E-state index in [1.807, 2.05) is 13.0 Å². The molecule has 0 N–H and O–H groups in total. The third-order valence-corrected chi connectivity index (χ3v) is 3.92. The number of hydrogen-bond donors (Lipinski definition) is 0. The van der Waals surface area contributed by atoms with Crippen LogP contribution in [0.25, 0.3) is 0 Å². The maximum Gasteiger partial charge on any atom is 0.165 e. The van der Waals surface area contributed by atoms with E-state index in [-0.39, 0.29) is 11.6 Å². The van der Waals surface area contributed by atoms with E-state index in [4.69, 9.17) is 4.74 Å². The molecule has 0 fully saturated rings. The molecule has 0 heterocycles. The molecule has 2 aromatic carbocycles. The SMILES string of the molecule is COc1ccc(C(Br)c2ccc(C)cc2F)cc1F. The van der Waals surface area contributed by atoms with Crippen molar-refractivity contribution in [1.29, 1.82) is 0 Å². The molecule has 0 amide bonds. The minimum absolute atomic E-state index is 0.174. The maximum atomic E-state index is 13.9. The quantitative estimate of drug-likeness (QED) is 0.738. The van der Waals surface area contributed by atoms with Gasteiger partial charge in [0.05, 0.1) is 11.9 Å². The second-order valence-electron chi connectivity index (χ2n) is 4.28. The summed E-state index contributed by atoms with van der Waals surface area (Å²) >= 11 is 3.40. The van der Waals surface area contributed by atoms with Crippen LogP contribution in [-0.2, 0) is 0 Å². The Labute approximate surface area is 119 Å². The summed E-state index contributed by atoms with van der Waals surface area (Å²) in [6, 6.07) is 9.57. The minimum atomic E-state index is -0.461. The number of aryl methyl sites for hydroxylation is 1. The Balaban J connectivity index is 2.38. The highest BCUT2D eigenvalue weighted by Gasteiger charge is 2.16. The Morgan fingerprint density at radius 3 is 2.37 bits per heavy atom. The Morgan fingerprint density at radius 1 is 1.05 bits per heavy atom. The fraction of sp³-hybridized carbons (Fsp3) is 0.200. The summed E-state index contributed by atoms with van der Waals surface area (Å²) in [4.78, 5) is -0.395. The van der Waals surface area contributed by atoms with E-state index in [0.717, 1.165) is 5.56 Å². The highest BCUT2D eigenvalue weighted by Crippen LogP contribution is 2.34. The van der Waals surface area contributed by atoms with Crippen molar-refractivity contribution in [2.45, 2.75) is 11.8 Å². The van der Waals surface area contributed by atoms with Crippen LogP contribution in [0.3, 0.4) is 0 Å². The molecule has 2 rings (SSSR count). The van der Waals surface area contributed by atoms with Gasteiger partial charge in [0.25, 0.3) is 0 Å². The van der Waals surface area contributed by atoms with Gasteiger partial charge in [-0.25, -0.2) is 8.78 Å². The molecule has 0 bridgehead atoms. The van der Waals surface area contributed by atoms with Crippen molar-refractivity contribution in [2.24, 2.45) is 0 Å². The zero-order valence-corrected chi connectivity index (χ0v) is 12.2. The van der Waals surface area contributed by atoms with Crippen molar-refractivity contribution in [3.8, 4) is 5.75 Å². The Morgan fingerprint density at radius 2 is 1.79 bits per heavy atom. The van der Waals surface area contributed by atoms with Crippen molar-refractivity contribution >= 4 is 15.9 Å². The molecule has 0 aliphatic carbocycles. The van der Waals surface area contributed by atoms with Crippen LogP contribution >= 0.6 is 15.9 Å². The number of benzene rings is 2. The van der Waals surface area contributed by atoms with Gasteiger partial charge >= 0.3 is 0 Å².